The van der Waals surface area contributed by atoms with Crippen LogP contribution < -0.4 is 0 Å². The average molecular weight is 881 g/mol. The molecule has 0 aliphatic carbocycles. The third-order valence-electron chi connectivity index (χ3n) is 11.9. The first-order valence-corrected chi connectivity index (χ1v) is 20.0. The van der Waals surface area contributed by atoms with Crippen molar-refractivity contribution in [3.05, 3.63) is 192 Å². The van der Waals surface area contributed by atoms with Crippen LogP contribution in [0.2, 0.25) is 0 Å². The van der Waals surface area contributed by atoms with Gasteiger partial charge < -0.3 is 9.13 Å². The monoisotopic (exact) mass is 880 g/mol. The van der Waals surface area contributed by atoms with Crippen molar-refractivity contribution in [3.63, 3.8) is 0 Å². The van der Waals surface area contributed by atoms with Crippen LogP contribution in [0.5, 0.6) is 0 Å². The lowest BCUT2D eigenvalue weighted by molar-refractivity contribution is -0.143. The Hall–Kier alpha value is -7.85. The number of nitrogens with zero attached hydrogens (tertiary/aromatic N) is 4. The summed E-state index contributed by atoms with van der Waals surface area (Å²) < 4.78 is 129. The fourth-order valence-corrected chi connectivity index (χ4v) is 8.95. The summed E-state index contributed by atoms with van der Waals surface area (Å²) in [7, 11) is 0. The minimum Gasteiger partial charge on any atom is -0.308 e. The van der Waals surface area contributed by atoms with Crippen LogP contribution in [-0.2, 0) is 18.5 Å². The highest BCUT2D eigenvalue weighted by Crippen LogP contribution is 2.46. The van der Waals surface area contributed by atoms with Gasteiger partial charge in [-0.1, -0.05) is 60.7 Å². The third kappa shape index (κ3) is 6.93. The molecule has 10 aromatic rings. The zero-order valence-electron chi connectivity index (χ0n) is 33.7. The largest absolute Gasteiger partial charge is 0.417 e. The topological polar surface area (TPSA) is 27.1 Å². The van der Waals surface area contributed by atoms with Gasteiger partial charge in [-0.05, 0) is 131 Å². The van der Waals surface area contributed by atoms with Gasteiger partial charge in [0.2, 0.25) is 0 Å². The van der Waals surface area contributed by atoms with E-state index >= 15 is 0 Å². The molecule has 320 valence electrons. The van der Waals surface area contributed by atoms with Crippen LogP contribution in [-0.4, -0.2) is 14.1 Å². The zero-order valence-corrected chi connectivity index (χ0v) is 33.7. The Balaban J connectivity index is 1.26. The van der Waals surface area contributed by atoms with Crippen LogP contribution in [0.15, 0.2) is 158 Å². The second-order valence-electron chi connectivity index (χ2n) is 15.7. The number of aryl methyl sites for hydroxylation is 1. The second-order valence-corrected chi connectivity index (χ2v) is 15.7. The number of rotatable bonds is 5. The highest BCUT2D eigenvalue weighted by atomic mass is 19.4. The molecule has 10 rings (SSSR count). The van der Waals surface area contributed by atoms with E-state index in [2.05, 4.69) is 9.83 Å². The average Bonchev–Trinajstić information content (AvgIpc) is 3.79. The van der Waals surface area contributed by atoms with Crippen LogP contribution >= 0.6 is 0 Å². The maximum absolute atomic E-state index is 14.5. The molecule has 7 aromatic carbocycles. The molecule has 0 saturated heterocycles. The molecule has 0 aliphatic heterocycles. The summed E-state index contributed by atoms with van der Waals surface area (Å²) in [6.07, 6.45) is -11.4. The maximum atomic E-state index is 14.5. The molecule has 3 aromatic heterocycles. The number of pyridine rings is 1. The van der Waals surface area contributed by atoms with Gasteiger partial charge in [0.15, 0.2) is 5.69 Å². The SMILES string of the molecule is [C-]#[N+]c1cc(-n2c3ccccc3c3cc(-c4ccc(C(F)(F)F)cc4C)ccc32)c(-n2c3ccccc3c3cc(-c4ccc(C(F)(F)F)cc4C(F)(F)F)ccc32)cc1-c1ccncc1. The molecule has 0 spiro atoms. The Labute approximate surface area is 363 Å². The van der Waals surface area contributed by atoms with Gasteiger partial charge in [0.05, 0.1) is 56.7 Å². The molecule has 65 heavy (non-hydrogen) atoms. The number of fused-ring (bicyclic) bond motifs is 6. The number of alkyl halides is 9. The lowest BCUT2D eigenvalue weighted by Crippen LogP contribution is -2.12. The van der Waals surface area contributed by atoms with Gasteiger partial charge in [0, 0.05) is 33.9 Å². The Morgan fingerprint density at radius 1 is 0.446 bits per heavy atom. The minimum atomic E-state index is -5.10. The second kappa shape index (κ2) is 14.9. The van der Waals surface area contributed by atoms with Gasteiger partial charge in [-0.25, -0.2) is 4.85 Å². The van der Waals surface area contributed by atoms with Gasteiger partial charge in [-0.3, -0.25) is 4.98 Å². The van der Waals surface area contributed by atoms with Crippen molar-refractivity contribution in [2.75, 3.05) is 0 Å². The van der Waals surface area contributed by atoms with Crippen molar-refractivity contribution in [1.82, 2.24) is 14.1 Å². The summed E-state index contributed by atoms with van der Waals surface area (Å²) >= 11 is 0. The summed E-state index contributed by atoms with van der Waals surface area (Å²) in [5, 5.41) is 2.78. The van der Waals surface area contributed by atoms with E-state index in [0.29, 0.717) is 72.8 Å². The maximum Gasteiger partial charge on any atom is 0.417 e. The van der Waals surface area contributed by atoms with Crippen molar-refractivity contribution < 1.29 is 39.5 Å². The van der Waals surface area contributed by atoms with Crippen LogP contribution in [0.1, 0.15) is 22.3 Å². The molecular weight excluding hydrogens is 852 g/mol. The van der Waals surface area contributed by atoms with Crippen LogP contribution in [0, 0.1) is 13.5 Å². The molecule has 0 radical (unpaired) electrons. The summed E-state index contributed by atoms with van der Waals surface area (Å²) in [5.41, 5.74) is 3.24. The molecule has 0 amide bonds. The molecular formula is C52H29F9N4. The van der Waals surface area contributed by atoms with E-state index in [0.717, 1.165) is 40.0 Å². The summed E-state index contributed by atoms with van der Waals surface area (Å²) in [6, 6.07) is 37.7. The van der Waals surface area contributed by atoms with Gasteiger partial charge >= 0.3 is 18.5 Å². The lowest BCUT2D eigenvalue weighted by atomic mass is 9.95. The highest BCUT2D eigenvalue weighted by molar-refractivity contribution is 6.13. The molecule has 4 nitrogen and oxygen atoms in total. The van der Waals surface area contributed by atoms with E-state index in [1.807, 2.05) is 75.9 Å². The predicted octanol–water partition coefficient (Wildman–Crippen LogP) is 16.2. The molecule has 0 atom stereocenters. The Kier molecular flexibility index (Phi) is 9.42. The first-order valence-electron chi connectivity index (χ1n) is 20.0. The standard InChI is InChI=1S/C52H29F9N4/c1-29-23-33(50(53,54)55)13-15-35(29)31-11-17-47-40(24-31)37-7-4-6-10-45(37)65(47)49-28-43(62-2)39(30-19-21-63-22-20-30)27-48(49)64-44-9-5-3-8-38(44)41-25-32(12-18-46(41)64)36-16-14-34(51(56,57)58)26-42(36)52(59,60)61/h3-28H,1H3. The molecule has 0 saturated carbocycles. The van der Waals surface area contributed by atoms with Crippen molar-refractivity contribution in [3.8, 4) is 44.8 Å². The number of hydrogen-bond donors (Lipinski definition) is 0. The Morgan fingerprint density at radius 3 is 1.46 bits per heavy atom. The molecule has 0 fully saturated rings. The zero-order chi connectivity index (χ0) is 45.6. The quantitative estimate of drug-likeness (QED) is 0.125. The van der Waals surface area contributed by atoms with E-state index in [-0.39, 0.29) is 11.6 Å². The third-order valence-corrected chi connectivity index (χ3v) is 11.9. The van der Waals surface area contributed by atoms with Crippen molar-refractivity contribution in [2.24, 2.45) is 0 Å². The lowest BCUT2D eigenvalue weighted by Gasteiger charge is -2.20. The van der Waals surface area contributed by atoms with Gasteiger partial charge in [0.25, 0.3) is 0 Å². The fourth-order valence-electron chi connectivity index (χ4n) is 8.95. The van der Waals surface area contributed by atoms with Crippen molar-refractivity contribution >= 4 is 49.3 Å². The van der Waals surface area contributed by atoms with Crippen LogP contribution in [0.25, 0.3) is 93.2 Å². The number of halogens is 9. The number of hydrogen-bond acceptors (Lipinski definition) is 1. The first-order chi connectivity index (χ1) is 31.0. The normalized spacial score (nSPS) is 12.4. The minimum absolute atomic E-state index is 0.0592. The number of benzene rings is 7. The van der Waals surface area contributed by atoms with Crippen molar-refractivity contribution in [1.29, 1.82) is 0 Å². The Morgan fingerprint density at radius 2 is 0.938 bits per heavy atom. The number of aromatic nitrogens is 3. The molecule has 3 heterocycles. The first kappa shape index (κ1) is 41.2. The van der Waals surface area contributed by atoms with Crippen LogP contribution in [0.3, 0.4) is 0 Å². The smallest absolute Gasteiger partial charge is 0.308 e. The summed E-state index contributed by atoms with van der Waals surface area (Å²) in [6.45, 7) is 10.0. The van der Waals surface area contributed by atoms with E-state index in [1.54, 1.807) is 55.7 Å². The molecule has 13 heteroatoms. The van der Waals surface area contributed by atoms with Gasteiger partial charge in [-0.2, -0.15) is 39.5 Å². The van der Waals surface area contributed by atoms with E-state index in [9.17, 15) is 39.5 Å². The highest BCUT2D eigenvalue weighted by Gasteiger charge is 2.38. The predicted molar refractivity (Wildman–Crippen MR) is 235 cm³/mol. The molecule has 0 unspecified atom stereocenters. The van der Waals surface area contributed by atoms with Gasteiger partial charge in [-0.15, -0.1) is 0 Å². The van der Waals surface area contributed by atoms with E-state index < -0.39 is 40.8 Å². The fraction of sp³-hybridized carbons (Fsp3) is 0.0769. The number of para-hydroxylation sites is 2. The Bertz CT molecular complexity index is 3590. The van der Waals surface area contributed by atoms with E-state index in [1.165, 1.54) is 12.1 Å². The van der Waals surface area contributed by atoms with Gasteiger partial charge in [0.1, 0.15) is 0 Å². The van der Waals surface area contributed by atoms with Crippen LogP contribution in [0.4, 0.5) is 45.2 Å². The van der Waals surface area contributed by atoms with E-state index in [4.69, 9.17) is 6.57 Å². The van der Waals surface area contributed by atoms with Crippen molar-refractivity contribution in [2.45, 2.75) is 25.5 Å². The molecule has 0 N–H and O–H groups in total. The summed E-state index contributed by atoms with van der Waals surface area (Å²) in [5.74, 6) is 0. The molecule has 0 aliphatic rings. The molecule has 0 bridgehead atoms. The summed E-state index contributed by atoms with van der Waals surface area (Å²) in [4.78, 5) is 8.14.